The van der Waals surface area contributed by atoms with Crippen LogP contribution in [0.15, 0.2) is 6.33 Å². The van der Waals surface area contributed by atoms with Gasteiger partial charge in [-0.1, -0.05) is 32.1 Å². The van der Waals surface area contributed by atoms with Crippen LogP contribution in [0.1, 0.15) is 76.6 Å². The summed E-state index contributed by atoms with van der Waals surface area (Å²) in [5.74, 6) is 0.748. The first-order valence-corrected chi connectivity index (χ1v) is 8.35. The van der Waals surface area contributed by atoms with Crippen molar-refractivity contribution in [3.05, 3.63) is 12.2 Å². The van der Waals surface area contributed by atoms with Crippen LogP contribution in [0.25, 0.3) is 0 Å². The van der Waals surface area contributed by atoms with Gasteiger partial charge in [0.25, 0.3) is 0 Å². The highest BCUT2D eigenvalue weighted by Crippen LogP contribution is 2.43. The second-order valence-corrected chi connectivity index (χ2v) is 6.36. The van der Waals surface area contributed by atoms with E-state index in [1.165, 1.54) is 32.1 Å². The van der Waals surface area contributed by atoms with Crippen molar-refractivity contribution in [3.8, 4) is 0 Å². The summed E-state index contributed by atoms with van der Waals surface area (Å²) in [6.45, 7) is 2.30. The molecule has 3 rings (SSSR count). The van der Waals surface area contributed by atoms with Crippen molar-refractivity contribution >= 4 is 5.97 Å². The first kappa shape index (κ1) is 14.5. The number of rotatable bonds is 4. The van der Waals surface area contributed by atoms with E-state index in [1.807, 2.05) is 13.3 Å². The van der Waals surface area contributed by atoms with Crippen molar-refractivity contribution in [2.45, 2.75) is 76.2 Å². The van der Waals surface area contributed by atoms with Crippen LogP contribution in [0.5, 0.6) is 0 Å². The van der Waals surface area contributed by atoms with Gasteiger partial charge in [-0.25, -0.2) is 0 Å². The lowest BCUT2D eigenvalue weighted by atomic mass is 9.84. The fraction of sp³-hybridized carbons (Fsp3) is 0.812. The number of ether oxygens (including phenoxy) is 1. The van der Waals surface area contributed by atoms with Gasteiger partial charge in [-0.05, 0) is 32.6 Å². The Kier molecular flexibility index (Phi) is 4.27. The van der Waals surface area contributed by atoms with Gasteiger partial charge in [-0.3, -0.25) is 4.79 Å². The molecule has 0 saturated heterocycles. The van der Waals surface area contributed by atoms with E-state index in [1.54, 1.807) is 0 Å². The van der Waals surface area contributed by atoms with Gasteiger partial charge in [-0.2, -0.15) is 0 Å². The lowest BCUT2D eigenvalue weighted by Crippen LogP contribution is -2.38. The SMILES string of the molecule is CCOC(=O)C1(c2nncn2C2CCCCC2)CCCC1. The third-order valence-corrected chi connectivity index (χ3v) is 5.09. The van der Waals surface area contributed by atoms with Crippen molar-refractivity contribution in [3.63, 3.8) is 0 Å². The second-order valence-electron chi connectivity index (χ2n) is 6.36. The van der Waals surface area contributed by atoms with Crippen molar-refractivity contribution in [2.24, 2.45) is 0 Å². The highest BCUT2D eigenvalue weighted by Gasteiger charge is 2.48. The van der Waals surface area contributed by atoms with E-state index in [9.17, 15) is 4.79 Å². The minimum atomic E-state index is -0.552. The molecule has 2 saturated carbocycles. The summed E-state index contributed by atoms with van der Waals surface area (Å²) in [7, 11) is 0. The van der Waals surface area contributed by atoms with Gasteiger partial charge >= 0.3 is 5.97 Å². The van der Waals surface area contributed by atoms with Crippen LogP contribution in [0.2, 0.25) is 0 Å². The Hall–Kier alpha value is -1.39. The normalized spacial score (nSPS) is 22.3. The third kappa shape index (κ3) is 2.58. The molecule has 0 atom stereocenters. The van der Waals surface area contributed by atoms with E-state index < -0.39 is 5.41 Å². The molecule has 0 aromatic carbocycles. The van der Waals surface area contributed by atoms with Gasteiger partial charge in [0.15, 0.2) is 5.82 Å². The Morgan fingerprint density at radius 2 is 2.00 bits per heavy atom. The highest BCUT2D eigenvalue weighted by atomic mass is 16.5. The maximum Gasteiger partial charge on any atom is 0.319 e. The van der Waals surface area contributed by atoms with Gasteiger partial charge < -0.3 is 9.30 Å². The third-order valence-electron chi connectivity index (χ3n) is 5.09. The standard InChI is InChI=1S/C16H25N3O2/c1-2-21-15(20)16(10-6-7-11-16)14-18-17-12-19(14)13-8-4-3-5-9-13/h12-13H,2-11H2,1H3. The van der Waals surface area contributed by atoms with Crippen LogP contribution in [0, 0.1) is 0 Å². The van der Waals surface area contributed by atoms with Gasteiger partial charge in [0.05, 0.1) is 6.61 Å². The Morgan fingerprint density at radius 1 is 1.29 bits per heavy atom. The topological polar surface area (TPSA) is 57.0 Å². The van der Waals surface area contributed by atoms with Crippen LogP contribution < -0.4 is 0 Å². The molecule has 5 nitrogen and oxygen atoms in total. The summed E-state index contributed by atoms with van der Waals surface area (Å²) >= 11 is 0. The maximum absolute atomic E-state index is 12.6. The van der Waals surface area contributed by atoms with E-state index in [2.05, 4.69) is 14.8 Å². The zero-order valence-corrected chi connectivity index (χ0v) is 12.9. The van der Waals surface area contributed by atoms with E-state index in [-0.39, 0.29) is 5.97 Å². The average molecular weight is 291 g/mol. The molecule has 0 amide bonds. The Morgan fingerprint density at radius 3 is 2.67 bits per heavy atom. The van der Waals surface area contributed by atoms with E-state index in [0.29, 0.717) is 12.6 Å². The largest absolute Gasteiger partial charge is 0.465 e. The molecule has 0 N–H and O–H groups in total. The van der Waals surface area contributed by atoms with Crippen molar-refractivity contribution in [1.82, 2.24) is 14.8 Å². The maximum atomic E-state index is 12.6. The predicted molar refractivity (Wildman–Crippen MR) is 78.9 cm³/mol. The number of carbonyl (C=O) groups excluding carboxylic acids is 1. The van der Waals surface area contributed by atoms with E-state index in [0.717, 1.165) is 31.5 Å². The first-order chi connectivity index (χ1) is 10.3. The molecule has 2 fully saturated rings. The minimum absolute atomic E-state index is 0.104. The first-order valence-electron chi connectivity index (χ1n) is 8.35. The predicted octanol–water partition coefficient (Wildman–Crippen LogP) is 3.16. The number of hydrogen-bond acceptors (Lipinski definition) is 4. The molecule has 1 aromatic heterocycles. The summed E-state index contributed by atoms with van der Waals surface area (Å²) in [5.41, 5.74) is -0.552. The second kappa shape index (κ2) is 6.16. The van der Waals surface area contributed by atoms with Gasteiger partial charge in [0.1, 0.15) is 11.7 Å². The molecule has 0 radical (unpaired) electrons. The molecule has 21 heavy (non-hydrogen) atoms. The van der Waals surface area contributed by atoms with E-state index in [4.69, 9.17) is 4.74 Å². The molecule has 2 aliphatic rings. The molecule has 0 spiro atoms. The number of esters is 1. The van der Waals surface area contributed by atoms with Crippen molar-refractivity contribution in [1.29, 1.82) is 0 Å². The molecule has 116 valence electrons. The Bertz CT molecular complexity index is 485. The molecule has 5 heteroatoms. The van der Waals surface area contributed by atoms with Crippen LogP contribution in [0.4, 0.5) is 0 Å². The van der Waals surface area contributed by atoms with Crippen molar-refractivity contribution in [2.75, 3.05) is 6.61 Å². The van der Waals surface area contributed by atoms with Crippen LogP contribution in [0.3, 0.4) is 0 Å². The highest BCUT2D eigenvalue weighted by molar-refractivity contribution is 5.82. The summed E-state index contributed by atoms with van der Waals surface area (Å²) in [6, 6.07) is 0.454. The van der Waals surface area contributed by atoms with Crippen LogP contribution in [-0.4, -0.2) is 27.3 Å². The summed E-state index contributed by atoms with van der Waals surface area (Å²) in [6.07, 6.45) is 11.8. The van der Waals surface area contributed by atoms with Gasteiger partial charge in [-0.15, -0.1) is 10.2 Å². The Balaban J connectivity index is 1.93. The summed E-state index contributed by atoms with van der Waals surface area (Å²) in [5, 5.41) is 8.50. The quantitative estimate of drug-likeness (QED) is 0.800. The number of hydrogen-bond donors (Lipinski definition) is 0. The number of nitrogens with zero attached hydrogens (tertiary/aromatic N) is 3. The monoisotopic (exact) mass is 291 g/mol. The lowest BCUT2D eigenvalue weighted by Gasteiger charge is -2.30. The summed E-state index contributed by atoms with van der Waals surface area (Å²) in [4.78, 5) is 12.6. The molecule has 1 heterocycles. The van der Waals surface area contributed by atoms with E-state index >= 15 is 0 Å². The minimum Gasteiger partial charge on any atom is -0.465 e. The van der Waals surface area contributed by atoms with Crippen molar-refractivity contribution < 1.29 is 9.53 Å². The van der Waals surface area contributed by atoms with Gasteiger partial charge in [0.2, 0.25) is 0 Å². The van der Waals surface area contributed by atoms with Crippen LogP contribution >= 0.6 is 0 Å². The lowest BCUT2D eigenvalue weighted by molar-refractivity contribution is -0.150. The smallest absolute Gasteiger partial charge is 0.319 e. The number of carbonyl (C=O) groups is 1. The Labute approximate surface area is 126 Å². The molecule has 0 bridgehead atoms. The van der Waals surface area contributed by atoms with Crippen LogP contribution in [-0.2, 0) is 14.9 Å². The molecule has 1 aromatic rings. The molecule has 2 aliphatic carbocycles. The summed E-state index contributed by atoms with van der Waals surface area (Å²) < 4.78 is 7.56. The molecular formula is C16H25N3O2. The molecule has 0 aliphatic heterocycles. The number of aromatic nitrogens is 3. The fourth-order valence-electron chi connectivity index (χ4n) is 3.98. The molecular weight excluding hydrogens is 266 g/mol. The zero-order chi connectivity index (χ0) is 14.7. The molecule has 0 unspecified atom stereocenters. The van der Waals surface area contributed by atoms with Gasteiger partial charge in [0, 0.05) is 6.04 Å². The fourth-order valence-corrected chi connectivity index (χ4v) is 3.98. The average Bonchev–Trinajstić information content (AvgIpc) is 3.18. The zero-order valence-electron chi connectivity index (χ0n) is 12.9.